The van der Waals surface area contributed by atoms with E-state index in [2.05, 4.69) is 57.7 Å². The second-order valence-corrected chi connectivity index (χ2v) is 12.4. The van der Waals surface area contributed by atoms with Crippen LogP contribution in [-0.2, 0) is 14.3 Å². The predicted molar refractivity (Wildman–Crippen MR) is 162 cm³/mol. The number of hydrogen-bond acceptors (Lipinski definition) is 7. The maximum Gasteiger partial charge on any atom is 0.234 e. The summed E-state index contributed by atoms with van der Waals surface area (Å²) >= 11 is 0. The van der Waals surface area contributed by atoms with Gasteiger partial charge in [0.15, 0.2) is 17.2 Å². The van der Waals surface area contributed by atoms with Gasteiger partial charge in [-0.05, 0) is 80.7 Å². The Kier molecular flexibility index (Phi) is 7.95. The molecule has 1 aromatic carbocycles. The molecule has 42 heavy (non-hydrogen) atoms. The van der Waals surface area contributed by atoms with Crippen molar-refractivity contribution in [1.29, 1.82) is 0 Å². The molecule has 0 radical (unpaired) electrons. The van der Waals surface area contributed by atoms with Crippen molar-refractivity contribution in [1.82, 2.24) is 30.2 Å². The first kappa shape index (κ1) is 28.6. The summed E-state index contributed by atoms with van der Waals surface area (Å²) in [6.07, 6.45) is 7.60. The predicted octanol–water partition coefficient (Wildman–Crippen LogP) is 4.89. The zero-order valence-corrected chi connectivity index (χ0v) is 25.2. The number of carbonyl (C=O) groups excluding carboxylic acids is 1. The minimum atomic E-state index is -0.543. The van der Waals surface area contributed by atoms with Crippen LogP contribution in [0.15, 0.2) is 36.8 Å². The molecule has 0 spiro atoms. The first-order valence-corrected chi connectivity index (χ1v) is 15.1. The van der Waals surface area contributed by atoms with E-state index in [0.29, 0.717) is 42.9 Å². The molecular formula is C32H42N6O4. The van der Waals surface area contributed by atoms with Gasteiger partial charge in [-0.2, -0.15) is 5.10 Å². The molecule has 1 atom stereocenters. The molecule has 1 aliphatic heterocycles. The molecule has 1 aliphatic carbocycles. The molecule has 224 valence electrons. The minimum Gasteiger partial charge on any atom is -0.493 e. The molecule has 6 rings (SSSR count). The fraction of sp³-hybridized carbons (Fsp3) is 0.531. The Hall–Kier alpha value is -3.47. The summed E-state index contributed by atoms with van der Waals surface area (Å²) in [5, 5.41) is 12.1. The van der Waals surface area contributed by atoms with Gasteiger partial charge in [0, 0.05) is 35.2 Å². The second-order valence-electron chi connectivity index (χ2n) is 12.4. The summed E-state index contributed by atoms with van der Waals surface area (Å²) in [5.74, 6) is 0.994. The second kappa shape index (κ2) is 11.7. The van der Waals surface area contributed by atoms with E-state index in [9.17, 15) is 4.79 Å². The molecule has 0 bridgehead atoms. The SMILES string of the molecule is COc1cc(-c2[nH]c3ccc(C4CCC(NC(=O)CNCC5COC(C)(C)O5)CC4)cc3c2C(C)C)cn2ncnc12. The standard InChI is InChI=1S/C32H42N6O4/c1-19(2)29-25-12-21(8-11-26(25)37-30(29)22-13-27(40-5)31-34-18-35-38(31)16-22)20-6-9-23(10-7-20)36-28(39)15-33-14-24-17-41-32(3,4)42-24/h8,11-13,16,18-20,23-24,33,37H,6-7,9-10,14-15,17H2,1-5H3,(H,36,39). The molecule has 1 saturated heterocycles. The van der Waals surface area contributed by atoms with Crippen LogP contribution in [0.4, 0.5) is 0 Å². The number of methoxy groups -OCH3 is 1. The number of carbonyl (C=O) groups is 1. The summed E-state index contributed by atoms with van der Waals surface area (Å²) in [6.45, 7) is 9.74. The van der Waals surface area contributed by atoms with Crippen molar-refractivity contribution in [2.24, 2.45) is 0 Å². The van der Waals surface area contributed by atoms with Gasteiger partial charge in [0.25, 0.3) is 0 Å². The van der Waals surface area contributed by atoms with Crippen molar-refractivity contribution in [3.63, 3.8) is 0 Å². The first-order chi connectivity index (χ1) is 20.2. The molecule has 1 unspecified atom stereocenters. The normalized spacial score (nSPS) is 22.3. The molecular weight excluding hydrogens is 532 g/mol. The number of amides is 1. The van der Waals surface area contributed by atoms with Crippen LogP contribution >= 0.6 is 0 Å². The largest absolute Gasteiger partial charge is 0.493 e. The molecule has 2 aliphatic rings. The van der Waals surface area contributed by atoms with Gasteiger partial charge in [0.05, 0.1) is 32.1 Å². The van der Waals surface area contributed by atoms with Crippen LogP contribution < -0.4 is 15.4 Å². The van der Waals surface area contributed by atoms with E-state index in [1.807, 2.05) is 26.1 Å². The van der Waals surface area contributed by atoms with Gasteiger partial charge in [0.1, 0.15) is 6.33 Å². The number of pyridine rings is 1. The molecule has 3 N–H and O–H groups in total. The highest BCUT2D eigenvalue weighted by Gasteiger charge is 2.32. The lowest BCUT2D eigenvalue weighted by atomic mass is 9.81. The van der Waals surface area contributed by atoms with Gasteiger partial charge >= 0.3 is 0 Å². The van der Waals surface area contributed by atoms with Crippen molar-refractivity contribution in [3.05, 3.63) is 47.9 Å². The van der Waals surface area contributed by atoms with Crippen molar-refractivity contribution in [3.8, 4) is 17.0 Å². The van der Waals surface area contributed by atoms with E-state index in [4.69, 9.17) is 14.2 Å². The Balaban J connectivity index is 1.11. The lowest BCUT2D eigenvalue weighted by Gasteiger charge is -2.29. The average Bonchev–Trinajstić information content (AvgIpc) is 3.68. The van der Waals surface area contributed by atoms with Crippen LogP contribution in [-0.4, -0.2) is 70.2 Å². The van der Waals surface area contributed by atoms with Gasteiger partial charge in [-0.1, -0.05) is 19.9 Å². The third-order valence-corrected chi connectivity index (χ3v) is 8.58. The number of nitrogens with one attached hydrogen (secondary N) is 3. The topological polar surface area (TPSA) is 115 Å². The Bertz CT molecular complexity index is 1570. The average molecular weight is 575 g/mol. The van der Waals surface area contributed by atoms with Crippen LogP contribution in [0.2, 0.25) is 0 Å². The number of fused-ring (bicyclic) bond motifs is 2. The number of nitrogens with zero attached hydrogens (tertiary/aromatic N) is 3. The summed E-state index contributed by atoms with van der Waals surface area (Å²) < 4.78 is 18.8. The molecule has 4 aromatic rings. The maximum absolute atomic E-state index is 12.6. The molecule has 10 nitrogen and oxygen atoms in total. The smallest absolute Gasteiger partial charge is 0.234 e. The monoisotopic (exact) mass is 574 g/mol. The van der Waals surface area contributed by atoms with Crippen LogP contribution in [0.1, 0.15) is 76.3 Å². The van der Waals surface area contributed by atoms with Gasteiger partial charge in [-0.3, -0.25) is 4.79 Å². The maximum atomic E-state index is 12.6. The zero-order chi connectivity index (χ0) is 29.4. The van der Waals surface area contributed by atoms with E-state index < -0.39 is 5.79 Å². The Morgan fingerprint density at radius 1 is 1.21 bits per heavy atom. The summed E-state index contributed by atoms with van der Waals surface area (Å²) in [5.41, 5.74) is 6.59. The Labute approximate surface area is 246 Å². The minimum absolute atomic E-state index is 0.0203. The fourth-order valence-corrected chi connectivity index (χ4v) is 6.55. The first-order valence-electron chi connectivity index (χ1n) is 15.1. The molecule has 10 heteroatoms. The summed E-state index contributed by atoms with van der Waals surface area (Å²) in [4.78, 5) is 20.6. The molecule has 2 fully saturated rings. The van der Waals surface area contributed by atoms with Gasteiger partial charge < -0.3 is 29.8 Å². The van der Waals surface area contributed by atoms with Crippen molar-refractivity contribution in [2.75, 3.05) is 26.8 Å². The summed E-state index contributed by atoms with van der Waals surface area (Å²) in [7, 11) is 1.66. The fourth-order valence-electron chi connectivity index (χ4n) is 6.55. The van der Waals surface area contributed by atoms with E-state index in [1.54, 1.807) is 18.0 Å². The lowest BCUT2D eigenvalue weighted by Crippen LogP contribution is -2.43. The van der Waals surface area contributed by atoms with Crippen LogP contribution in [0.25, 0.3) is 27.8 Å². The molecule has 1 amide bonds. The summed E-state index contributed by atoms with van der Waals surface area (Å²) in [6, 6.07) is 9.10. The highest BCUT2D eigenvalue weighted by molar-refractivity contribution is 5.92. The highest BCUT2D eigenvalue weighted by atomic mass is 16.7. The number of H-pyrrole nitrogens is 1. The number of aromatic amines is 1. The third-order valence-electron chi connectivity index (χ3n) is 8.58. The van der Waals surface area contributed by atoms with Gasteiger partial charge in [-0.15, -0.1) is 0 Å². The highest BCUT2D eigenvalue weighted by Crippen LogP contribution is 2.40. The number of aromatic nitrogens is 4. The van der Waals surface area contributed by atoms with Gasteiger partial charge in [0.2, 0.25) is 5.91 Å². The number of ether oxygens (including phenoxy) is 3. The lowest BCUT2D eigenvalue weighted by molar-refractivity contribution is -0.137. The van der Waals surface area contributed by atoms with Gasteiger partial charge in [-0.25, -0.2) is 9.50 Å². The zero-order valence-electron chi connectivity index (χ0n) is 25.2. The van der Waals surface area contributed by atoms with E-state index >= 15 is 0 Å². The van der Waals surface area contributed by atoms with Crippen molar-refractivity contribution >= 4 is 22.5 Å². The van der Waals surface area contributed by atoms with Crippen molar-refractivity contribution < 1.29 is 19.0 Å². The third kappa shape index (κ3) is 5.88. The number of benzene rings is 1. The number of rotatable bonds is 9. The van der Waals surface area contributed by atoms with E-state index in [1.165, 1.54) is 16.5 Å². The quantitative estimate of drug-likeness (QED) is 0.261. The Morgan fingerprint density at radius 3 is 2.74 bits per heavy atom. The van der Waals surface area contributed by atoms with E-state index in [-0.39, 0.29) is 18.1 Å². The van der Waals surface area contributed by atoms with Crippen LogP contribution in [0.5, 0.6) is 5.75 Å². The van der Waals surface area contributed by atoms with Crippen LogP contribution in [0, 0.1) is 0 Å². The van der Waals surface area contributed by atoms with E-state index in [0.717, 1.165) is 42.5 Å². The molecule has 4 heterocycles. The number of hydrogen-bond donors (Lipinski definition) is 3. The molecule has 3 aromatic heterocycles. The van der Waals surface area contributed by atoms with Crippen LogP contribution in [0.3, 0.4) is 0 Å². The van der Waals surface area contributed by atoms with Crippen molar-refractivity contribution in [2.45, 2.75) is 83.1 Å². The Morgan fingerprint density at radius 2 is 2.02 bits per heavy atom. The molecule has 1 saturated carbocycles.